The molecule has 0 radical (unpaired) electrons. The summed E-state index contributed by atoms with van der Waals surface area (Å²) < 4.78 is 9.83. The maximum atomic E-state index is 12.1. The lowest BCUT2D eigenvalue weighted by molar-refractivity contribution is 0.0457. The van der Waals surface area contributed by atoms with Crippen molar-refractivity contribution in [1.29, 1.82) is 5.26 Å². The van der Waals surface area contributed by atoms with E-state index >= 15 is 0 Å². The lowest BCUT2D eigenvalue weighted by Gasteiger charge is -2.09. The van der Waals surface area contributed by atoms with Crippen LogP contribution in [0.25, 0.3) is 0 Å². The number of esters is 2. The number of benzene rings is 2. The van der Waals surface area contributed by atoms with Gasteiger partial charge in [0.05, 0.1) is 29.9 Å². The molecule has 0 aliphatic rings. The Morgan fingerprint density at radius 3 is 2.23 bits per heavy atom. The number of nitrogens with zero attached hydrogens (tertiary/aromatic N) is 1. The van der Waals surface area contributed by atoms with Gasteiger partial charge >= 0.3 is 11.9 Å². The van der Waals surface area contributed by atoms with Crippen LogP contribution in [0.4, 0.5) is 0 Å². The molecule has 0 bridgehead atoms. The molecule has 5 nitrogen and oxygen atoms in total. The van der Waals surface area contributed by atoms with Crippen molar-refractivity contribution in [2.75, 3.05) is 7.11 Å². The van der Waals surface area contributed by atoms with Crippen LogP contribution in [0.1, 0.15) is 31.8 Å². The van der Waals surface area contributed by atoms with Crippen molar-refractivity contribution in [3.05, 3.63) is 70.8 Å². The van der Waals surface area contributed by atoms with Crippen LogP contribution < -0.4 is 0 Å². The minimum atomic E-state index is -0.645. The van der Waals surface area contributed by atoms with E-state index in [0.717, 1.165) is 0 Å². The van der Waals surface area contributed by atoms with Crippen LogP contribution in [0.2, 0.25) is 0 Å². The average molecular weight is 295 g/mol. The van der Waals surface area contributed by atoms with Crippen LogP contribution in [0.3, 0.4) is 0 Å². The summed E-state index contributed by atoms with van der Waals surface area (Å²) in [5.74, 6) is -1.25. The van der Waals surface area contributed by atoms with Crippen molar-refractivity contribution < 1.29 is 19.1 Å². The van der Waals surface area contributed by atoms with Gasteiger partial charge in [-0.1, -0.05) is 30.3 Å². The Balaban J connectivity index is 2.17. The van der Waals surface area contributed by atoms with Crippen LogP contribution in [-0.4, -0.2) is 19.0 Å². The Bertz CT molecular complexity index is 746. The largest absolute Gasteiger partial charge is 0.465 e. The van der Waals surface area contributed by atoms with Crippen molar-refractivity contribution in [2.45, 2.75) is 6.61 Å². The van der Waals surface area contributed by atoms with Gasteiger partial charge in [0.25, 0.3) is 0 Å². The monoisotopic (exact) mass is 295 g/mol. The van der Waals surface area contributed by atoms with Gasteiger partial charge in [-0.15, -0.1) is 0 Å². The molecule has 0 atom stereocenters. The molecule has 0 N–H and O–H groups in total. The zero-order valence-corrected chi connectivity index (χ0v) is 11.9. The first-order valence-corrected chi connectivity index (χ1v) is 6.50. The topological polar surface area (TPSA) is 76.4 Å². The molecule has 0 spiro atoms. The van der Waals surface area contributed by atoms with Gasteiger partial charge in [0, 0.05) is 5.56 Å². The first-order valence-electron chi connectivity index (χ1n) is 6.50. The number of methoxy groups -OCH3 is 1. The number of nitriles is 1. The average Bonchev–Trinajstić information content (AvgIpc) is 2.59. The van der Waals surface area contributed by atoms with E-state index in [9.17, 15) is 9.59 Å². The molecule has 22 heavy (non-hydrogen) atoms. The number of carbonyl (C=O) groups excluding carboxylic acids is 2. The first-order chi connectivity index (χ1) is 10.7. The quantitative estimate of drug-likeness (QED) is 0.810. The highest BCUT2D eigenvalue weighted by Crippen LogP contribution is 2.14. The zero-order valence-electron chi connectivity index (χ0n) is 11.9. The summed E-state index contributed by atoms with van der Waals surface area (Å²) in [6, 6.07) is 15.1. The molecule has 0 aromatic heterocycles. The van der Waals surface area contributed by atoms with Crippen molar-refractivity contribution in [3.8, 4) is 6.07 Å². The number of ether oxygens (including phenoxy) is 2. The summed E-state index contributed by atoms with van der Waals surface area (Å²) in [7, 11) is 1.24. The molecule has 2 rings (SSSR count). The highest BCUT2D eigenvalue weighted by atomic mass is 16.5. The highest BCUT2D eigenvalue weighted by molar-refractivity contribution is 6.03. The van der Waals surface area contributed by atoms with E-state index in [2.05, 4.69) is 4.74 Å². The Hall–Kier alpha value is -3.13. The first kappa shape index (κ1) is 15.3. The molecular weight excluding hydrogens is 282 g/mol. The second kappa shape index (κ2) is 7.04. The lowest BCUT2D eigenvalue weighted by Crippen LogP contribution is -2.13. The van der Waals surface area contributed by atoms with Gasteiger partial charge in [-0.25, -0.2) is 9.59 Å². The van der Waals surface area contributed by atoms with Crippen molar-refractivity contribution in [1.82, 2.24) is 0 Å². The third kappa shape index (κ3) is 3.30. The number of carbonyl (C=O) groups is 2. The fourth-order valence-electron chi connectivity index (χ4n) is 1.93. The van der Waals surface area contributed by atoms with Crippen molar-refractivity contribution in [3.63, 3.8) is 0 Å². The third-order valence-corrected chi connectivity index (χ3v) is 3.05. The Labute approximate surface area is 127 Å². The minimum Gasteiger partial charge on any atom is -0.465 e. The predicted octanol–water partition coefficient (Wildman–Crippen LogP) is 2.70. The van der Waals surface area contributed by atoms with Crippen molar-refractivity contribution in [2.24, 2.45) is 0 Å². The lowest BCUT2D eigenvalue weighted by atomic mass is 10.1. The molecule has 0 aliphatic heterocycles. The Morgan fingerprint density at radius 2 is 1.59 bits per heavy atom. The standard InChI is InChI=1S/C17H13NO4/c1-21-16(19)14-8-4-5-9-15(14)17(20)22-11-13-7-3-2-6-12(13)10-18/h2-9H,11H2,1H3. The number of hydrogen-bond acceptors (Lipinski definition) is 5. The Morgan fingerprint density at radius 1 is 1.00 bits per heavy atom. The van der Waals surface area contributed by atoms with Gasteiger partial charge in [0.15, 0.2) is 0 Å². The normalized spacial score (nSPS) is 9.64. The summed E-state index contributed by atoms with van der Waals surface area (Å²) in [6.07, 6.45) is 0. The van der Waals surface area contributed by atoms with E-state index in [1.54, 1.807) is 36.4 Å². The smallest absolute Gasteiger partial charge is 0.339 e. The third-order valence-electron chi connectivity index (χ3n) is 3.05. The van der Waals surface area contributed by atoms with E-state index in [1.807, 2.05) is 6.07 Å². The van der Waals surface area contributed by atoms with Crippen LogP contribution >= 0.6 is 0 Å². The molecule has 5 heteroatoms. The molecule has 0 saturated heterocycles. The molecular formula is C17H13NO4. The summed E-state index contributed by atoms with van der Waals surface area (Å²) in [5, 5.41) is 9.00. The molecule has 0 saturated carbocycles. The van der Waals surface area contributed by atoms with Crippen LogP contribution in [0.15, 0.2) is 48.5 Å². The molecule has 0 amide bonds. The van der Waals surface area contributed by atoms with Crippen LogP contribution in [0, 0.1) is 11.3 Å². The second-order valence-corrected chi connectivity index (χ2v) is 4.38. The van der Waals surface area contributed by atoms with Crippen molar-refractivity contribution >= 4 is 11.9 Å². The molecule has 110 valence electrons. The van der Waals surface area contributed by atoms with Gasteiger partial charge in [0.1, 0.15) is 6.61 Å². The van der Waals surface area contributed by atoms with Gasteiger partial charge < -0.3 is 9.47 Å². The van der Waals surface area contributed by atoms with Gasteiger partial charge in [0.2, 0.25) is 0 Å². The Kier molecular flexibility index (Phi) is 4.89. The number of hydrogen-bond donors (Lipinski definition) is 0. The summed E-state index contributed by atoms with van der Waals surface area (Å²) in [5.41, 5.74) is 1.32. The maximum Gasteiger partial charge on any atom is 0.339 e. The zero-order chi connectivity index (χ0) is 15.9. The SMILES string of the molecule is COC(=O)c1ccccc1C(=O)OCc1ccccc1C#N. The number of rotatable bonds is 4. The molecule has 0 aliphatic carbocycles. The van der Waals surface area contributed by atoms with E-state index in [4.69, 9.17) is 10.00 Å². The fourth-order valence-corrected chi connectivity index (χ4v) is 1.93. The van der Waals surface area contributed by atoms with E-state index < -0.39 is 11.9 Å². The van der Waals surface area contributed by atoms with E-state index in [-0.39, 0.29) is 17.7 Å². The molecule has 0 heterocycles. The van der Waals surface area contributed by atoms with Crippen LogP contribution in [-0.2, 0) is 16.1 Å². The minimum absolute atomic E-state index is 0.0436. The van der Waals surface area contributed by atoms with E-state index in [0.29, 0.717) is 11.1 Å². The highest BCUT2D eigenvalue weighted by Gasteiger charge is 2.18. The van der Waals surface area contributed by atoms with E-state index in [1.165, 1.54) is 19.2 Å². The molecule has 2 aromatic carbocycles. The summed E-state index contributed by atoms with van der Waals surface area (Å²) >= 11 is 0. The molecule has 0 fully saturated rings. The second-order valence-electron chi connectivity index (χ2n) is 4.38. The van der Waals surface area contributed by atoms with Gasteiger partial charge in [-0.3, -0.25) is 0 Å². The van der Waals surface area contributed by atoms with Gasteiger partial charge in [-0.05, 0) is 18.2 Å². The summed E-state index contributed by atoms with van der Waals surface area (Å²) in [4.78, 5) is 23.8. The van der Waals surface area contributed by atoms with Gasteiger partial charge in [-0.2, -0.15) is 5.26 Å². The fraction of sp³-hybridized carbons (Fsp3) is 0.118. The molecule has 0 unspecified atom stereocenters. The van der Waals surface area contributed by atoms with Crippen LogP contribution in [0.5, 0.6) is 0 Å². The predicted molar refractivity (Wildman–Crippen MR) is 78.1 cm³/mol. The summed E-state index contributed by atoms with van der Waals surface area (Å²) in [6.45, 7) is -0.0436. The molecule has 2 aromatic rings. The maximum absolute atomic E-state index is 12.1.